The number of hydrogen-bond acceptors (Lipinski definition) is 7. The van der Waals surface area contributed by atoms with Crippen molar-refractivity contribution in [3.8, 4) is 23.0 Å². The molecule has 0 unspecified atom stereocenters. The fraction of sp³-hybridized carbons (Fsp3) is 0.167. The summed E-state index contributed by atoms with van der Waals surface area (Å²) in [5.74, 6) is 0.652. The van der Waals surface area contributed by atoms with Gasteiger partial charge in [-0.1, -0.05) is 24.8 Å². The van der Waals surface area contributed by atoms with E-state index in [2.05, 4.69) is 11.3 Å². The Bertz CT molecular complexity index is 989. The highest BCUT2D eigenvalue weighted by Gasteiger charge is 2.09. The normalized spacial score (nSPS) is 10.7. The first-order chi connectivity index (χ1) is 15.0. The summed E-state index contributed by atoms with van der Waals surface area (Å²) in [6.45, 7) is 3.97. The molecule has 0 fully saturated rings. The Morgan fingerprint density at radius 3 is 1.90 bits per heavy atom. The van der Waals surface area contributed by atoms with Gasteiger partial charge in [-0.2, -0.15) is 0 Å². The molecule has 2 aromatic rings. The molecule has 0 aromatic heterocycles. The second-order valence-corrected chi connectivity index (χ2v) is 6.03. The summed E-state index contributed by atoms with van der Waals surface area (Å²) in [6, 6.07) is 10.2. The third kappa shape index (κ3) is 7.08. The lowest BCUT2D eigenvalue weighted by Gasteiger charge is -2.10. The summed E-state index contributed by atoms with van der Waals surface area (Å²) in [4.78, 5) is 23.5. The minimum absolute atomic E-state index is 0.248. The molecule has 0 saturated carbocycles. The average Bonchev–Trinajstić information content (AvgIpc) is 2.80. The molecule has 0 radical (unpaired) electrons. The molecule has 7 heteroatoms. The fourth-order valence-electron chi connectivity index (χ4n) is 2.47. The SMILES string of the molecule is C=CCOc1ccc(/C=C/C(=O)Oc2ccc(/C=C/C(=O)OC)cc2OC)cc1OC. The molecule has 0 aliphatic rings. The highest BCUT2D eigenvalue weighted by Crippen LogP contribution is 2.30. The van der Waals surface area contributed by atoms with E-state index in [0.717, 1.165) is 5.56 Å². The Kier molecular flexibility index (Phi) is 8.91. The summed E-state index contributed by atoms with van der Waals surface area (Å²) in [5.41, 5.74) is 1.42. The van der Waals surface area contributed by atoms with Crippen LogP contribution in [0.4, 0.5) is 0 Å². The van der Waals surface area contributed by atoms with Crippen LogP contribution in [0.1, 0.15) is 11.1 Å². The first kappa shape index (κ1) is 23.3. The first-order valence-corrected chi connectivity index (χ1v) is 9.26. The van der Waals surface area contributed by atoms with Crippen molar-refractivity contribution >= 4 is 24.1 Å². The van der Waals surface area contributed by atoms with Crippen LogP contribution in [0, 0.1) is 0 Å². The second-order valence-electron chi connectivity index (χ2n) is 6.03. The monoisotopic (exact) mass is 424 g/mol. The van der Waals surface area contributed by atoms with Gasteiger partial charge in [0.25, 0.3) is 0 Å². The third-order valence-electron chi connectivity index (χ3n) is 3.97. The van der Waals surface area contributed by atoms with Crippen molar-refractivity contribution in [2.75, 3.05) is 27.9 Å². The quantitative estimate of drug-likeness (QED) is 0.246. The number of carbonyl (C=O) groups excluding carboxylic acids is 2. The van der Waals surface area contributed by atoms with Gasteiger partial charge in [0.2, 0.25) is 0 Å². The minimum Gasteiger partial charge on any atom is -0.493 e. The van der Waals surface area contributed by atoms with Gasteiger partial charge in [0.1, 0.15) is 6.61 Å². The lowest BCUT2D eigenvalue weighted by Crippen LogP contribution is -2.05. The van der Waals surface area contributed by atoms with E-state index in [1.165, 1.54) is 33.5 Å². The second kappa shape index (κ2) is 11.9. The van der Waals surface area contributed by atoms with E-state index in [9.17, 15) is 9.59 Å². The Balaban J connectivity index is 2.09. The zero-order chi connectivity index (χ0) is 22.6. The summed E-state index contributed by atoms with van der Waals surface area (Å²) >= 11 is 0. The molecule has 2 aromatic carbocycles. The van der Waals surface area contributed by atoms with Crippen LogP contribution in [0.3, 0.4) is 0 Å². The van der Waals surface area contributed by atoms with Crippen LogP contribution in [-0.4, -0.2) is 39.9 Å². The number of esters is 2. The summed E-state index contributed by atoms with van der Waals surface area (Å²) in [5, 5.41) is 0. The van der Waals surface area contributed by atoms with Gasteiger partial charge in [-0.25, -0.2) is 9.59 Å². The lowest BCUT2D eigenvalue weighted by molar-refractivity contribution is -0.134. The van der Waals surface area contributed by atoms with E-state index in [0.29, 0.717) is 29.4 Å². The van der Waals surface area contributed by atoms with E-state index in [1.54, 1.807) is 54.6 Å². The molecule has 7 nitrogen and oxygen atoms in total. The average molecular weight is 424 g/mol. The molecule has 162 valence electrons. The van der Waals surface area contributed by atoms with Crippen molar-refractivity contribution in [2.45, 2.75) is 0 Å². The Labute approximate surface area is 181 Å². The van der Waals surface area contributed by atoms with Crippen LogP contribution in [0.2, 0.25) is 0 Å². The van der Waals surface area contributed by atoms with Gasteiger partial charge in [-0.15, -0.1) is 0 Å². The van der Waals surface area contributed by atoms with Crippen LogP contribution in [0.5, 0.6) is 23.0 Å². The number of hydrogen-bond donors (Lipinski definition) is 0. The molecule has 31 heavy (non-hydrogen) atoms. The number of methoxy groups -OCH3 is 3. The fourth-order valence-corrected chi connectivity index (χ4v) is 2.47. The van der Waals surface area contributed by atoms with Gasteiger partial charge in [-0.3, -0.25) is 0 Å². The number of rotatable bonds is 10. The third-order valence-corrected chi connectivity index (χ3v) is 3.97. The number of benzene rings is 2. The van der Waals surface area contributed by atoms with Crippen molar-refractivity contribution < 1.29 is 33.3 Å². The van der Waals surface area contributed by atoms with Crippen molar-refractivity contribution in [1.29, 1.82) is 0 Å². The molecule has 0 atom stereocenters. The highest BCUT2D eigenvalue weighted by atomic mass is 16.6. The van der Waals surface area contributed by atoms with E-state index < -0.39 is 11.9 Å². The minimum atomic E-state index is -0.581. The number of carbonyl (C=O) groups is 2. The smallest absolute Gasteiger partial charge is 0.336 e. The van der Waals surface area contributed by atoms with Gasteiger partial charge in [0.05, 0.1) is 21.3 Å². The van der Waals surface area contributed by atoms with Gasteiger partial charge in [0, 0.05) is 12.2 Å². The maximum atomic E-state index is 12.2. The predicted molar refractivity (Wildman–Crippen MR) is 117 cm³/mol. The predicted octanol–water partition coefficient (Wildman–Crippen LogP) is 4.07. The van der Waals surface area contributed by atoms with Gasteiger partial charge in [-0.05, 0) is 47.5 Å². The first-order valence-electron chi connectivity index (χ1n) is 9.26. The van der Waals surface area contributed by atoms with Crippen molar-refractivity contribution in [1.82, 2.24) is 0 Å². The zero-order valence-electron chi connectivity index (χ0n) is 17.6. The van der Waals surface area contributed by atoms with Crippen LogP contribution < -0.4 is 18.9 Å². The van der Waals surface area contributed by atoms with Crippen molar-refractivity contribution in [2.24, 2.45) is 0 Å². The van der Waals surface area contributed by atoms with Crippen molar-refractivity contribution in [3.63, 3.8) is 0 Å². The molecule has 0 aliphatic carbocycles. The Hall–Kier alpha value is -4.00. The highest BCUT2D eigenvalue weighted by molar-refractivity contribution is 5.89. The van der Waals surface area contributed by atoms with Gasteiger partial charge < -0.3 is 23.7 Å². The zero-order valence-corrected chi connectivity index (χ0v) is 17.6. The van der Waals surface area contributed by atoms with E-state index in [1.807, 2.05) is 0 Å². The van der Waals surface area contributed by atoms with Crippen LogP contribution in [0.15, 0.2) is 61.2 Å². The van der Waals surface area contributed by atoms with Crippen molar-refractivity contribution in [3.05, 3.63) is 72.3 Å². The molecule has 0 bridgehead atoms. The van der Waals surface area contributed by atoms with Crippen LogP contribution in [-0.2, 0) is 14.3 Å². The topological polar surface area (TPSA) is 80.3 Å². The Morgan fingerprint density at radius 2 is 1.35 bits per heavy atom. The van der Waals surface area contributed by atoms with Gasteiger partial charge >= 0.3 is 11.9 Å². The standard InChI is InChI=1S/C24H24O7/c1-5-14-30-19-10-6-17(15-21(19)27-2)9-13-24(26)31-20-11-7-18(16-22(20)28-3)8-12-23(25)29-4/h5-13,15-16H,1,14H2,2-4H3/b12-8+,13-9+. The molecule has 0 N–H and O–H groups in total. The molecule has 0 saturated heterocycles. The summed E-state index contributed by atoms with van der Waals surface area (Å²) < 4.78 is 26.0. The van der Waals surface area contributed by atoms with E-state index in [4.69, 9.17) is 18.9 Å². The maximum Gasteiger partial charge on any atom is 0.336 e. The Morgan fingerprint density at radius 1 is 0.806 bits per heavy atom. The summed E-state index contributed by atoms with van der Waals surface area (Å²) in [7, 11) is 4.29. The molecule has 0 spiro atoms. The molecule has 2 rings (SSSR count). The largest absolute Gasteiger partial charge is 0.493 e. The molecular weight excluding hydrogens is 400 g/mol. The number of ether oxygens (including phenoxy) is 5. The summed E-state index contributed by atoms with van der Waals surface area (Å²) in [6.07, 6.45) is 7.38. The molecule has 0 amide bonds. The lowest BCUT2D eigenvalue weighted by atomic mass is 10.2. The molecule has 0 aliphatic heterocycles. The molecule has 0 heterocycles. The molecular formula is C24H24O7. The van der Waals surface area contributed by atoms with Gasteiger partial charge in [0.15, 0.2) is 23.0 Å². The van der Waals surface area contributed by atoms with E-state index in [-0.39, 0.29) is 5.75 Å². The van der Waals surface area contributed by atoms with Crippen LogP contribution >= 0.6 is 0 Å². The van der Waals surface area contributed by atoms with E-state index >= 15 is 0 Å². The maximum absolute atomic E-state index is 12.2. The van der Waals surface area contributed by atoms with Crippen LogP contribution in [0.25, 0.3) is 12.2 Å².